The highest BCUT2D eigenvalue weighted by atomic mass is 32.1. The number of nitrogens with one attached hydrogen (secondary N) is 1. The van der Waals surface area contributed by atoms with E-state index in [9.17, 15) is 19.4 Å². The second-order valence-electron chi connectivity index (χ2n) is 9.04. The fraction of sp³-hybridized carbons (Fsp3) is 0.259. The molecule has 0 bridgehead atoms. The molecule has 3 heterocycles. The van der Waals surface area contributed by atoms with Crippen molar-refractivity contribution in [3.8, 4) is 5.00 Å². The van der Waals surface area contributed by atoms with Crippen LogP contribution in [-0.2, 0) is 17.9 Å². The molecule has 0 fully saturated rings. The van der Waals surface area contributed by atoms with Gasteiger partial charge in [0.2, 0.25) is 0 Å². The fourth-order valence-electron chi connectivity index (χ4n) is 4.46. The fourth-order valence-corrected chi connectivity index (χ4v) is 5.68. The van der Waals surface area contributed by atoms with E-state index in [0.717, 1.165) is 37.8 Å². The van der Waals surface area contributed by atoms with Gasteiger partial charge in [-0.05, 0) is 56.2 Å². The van der Waals surface area contributed by atoms with Crippen molar-refractivity contribution in [2.24, 2.45) is 10.9 Å². The first kappa shape index (κ1) is 24.8. The standard InChI is InChI=1S/C27H26FN5O3S/c1-14-21(13-34)37-26-22(14)24(30-23(15(2)27(35)36)25-32-31-16(3)33(25)26)18-6-10-20(11-7-18)29-12-17-4-8-19(28)9-5-17/h4-11,15,23,29,34H,12-13H2,1-3H3,(H,35,36)/t15?,23-/m0/s1. The van der Waals surface area contributed by atoms with Crippen molar-refractivity contribution in [2.75, 3.05) is 5.32 Å². The highest BCUT2D eigenvalue weighted by molar-refractivity contribution is 7.15. The molecular weight excluding hydrogens is 493 g/mol. The van der Waals surface area contributed by atoms with Crippen molar-refractivity contribution < 1.29 is 19.4 Å². The van der Waals surface area contributed by atoms with Gasteiger partial charge in [-0.25, -0.2) is 4.39 Å². The van der Waals surface area contributed by atoms with E-state index in [4.69, 9.17) is 4.99 Å². The number of aryl methyl sites for hydroxylation is 1. The van der Waals surface area contributed by atoms with Crippen LogP contribution in [0.5, 0.6) is 0 Å². The summed E-state index contributed by atoms with van der Waals surface area (Å²) in [6.07, 6.45) is 0. The SMILES string of the molecule is Cc1c(CO)sc2c1C(c1ccc(NCc3ccc(F)cc3)cc1)=N[C@@H](C(C)C(=O)O)c1nnc(C)n1-2. The van der Waals surface area contributed by atoms with Crippen molar-refractivity contribution in [3.63, 3.8) is 0 Å². The lowest BCUT2D eigenvalue weighted by Gasteiger charge is -2.16. The summed E-state index contributed by atoms with van der Waals surface area (Å²) in [4.78, 5) is 17.8. The zero-order chi connectivity index (χ0) is 26.3. The van der Waals surface area contributed by atoms with Gasteiger partial charge in [0.15, 0.2) is 5.82 Å². The number of fused-ring (bicyclic) bond motifs is 3. The largest absolute Gasteiger partial charge is 0.481 e. The van der Waals surface area contributed by atoms with Crippen LogP contribution in [0.1, 0.15) is 51.7 Å². The summed E-state index contributed by atoms with van der Waals surface area (Å²) < 4.78 is 15.0. The first-order chi connectivity index (χ1) is 17.8. The van der Waals surface area contributed by atoms with Crippen molar-refractivity contribution in [2.45, 2.75) is 40.0 Å². The molecule has 8 nitrogen and oxygen atoms in total. The number of nitrogens with zero attached hydrogens (tertiary/aromatic N) is 4. The number of hydrogen-bond donors (Lipinski definition) is 3. The number of carboxylic acid groups (broad SMARTS) is 1. The number of aromatic nitrogens is 3. The van der Waals surface area contributed by atoms with Crippen molar-refractivity contribution in [3.05, 3.63) is 93.1 Å². The van der Waals surface area contributed by atoms with Crippen LogP contribution in [0.25, 0.3) is 5.00 Å². The number of carbonyl (C=O) groups is 1. The molecule has 2 aromatic carbocycles. The summed E-state index contributed by atoms with van der Waals surface area (Å²) in [6, 6.07) is 13.3. The van der Waals surface area contributed by atoms with Crippen LogP contribution in [0.4, 0.5) is 10.1 Å². The van der Waals surface area contributed by atoms with E-state index in [1.807, 2.05) is 42.7 Å². The number of aliphatic carboxylic acids is 1. The van der Waals surface area contributed by atoms with E-state index in [1.165, 1.54) is 23.5 Å². The quantitative estimate of drug-likeness (QED) is 0.323. The number of hydrogen-bond acceptors (Lipinski definition) is 7. The normalized spacial score (nSPS) is 15.4. The molecule has 5 rings (SSSR count). The van der Waals surface area contributed by atoms with Gasteiger partial charge in [-0.15, -0.1) is 21.5 Å². The lowest BCUT2D eigenvalue weighted by atomic mass is 9.98. The average Bonchev–Trinajstić information content (AvgIpc) is 3.38. The Morgan fingerprint density at radius 3 is 2.49 bits per heavy atom. The van der Waals surface area contributed by atoms with E-state index in [2.05, 4.69) is 15.5 Å². The number of aliphatic hydroxyl groups is 1. The molecule has 1 aliphatic heterocycles. The molecule has 1 unspecified atom stereocenters. The van der Waals surface area contributed by atoms with E-state index < -0.39 is 17.9 Å². The maximum absolute atomic E-state index is 13.2. The third kappa shape index (κ3) is 4.54. The number of benzene rings is 2. The molecule has 0 saturated carbocycles. The molecule has 10 heteroatoms. The maximum Gasteiger partial charge on any atom is 0.308 e. The monoisotopic (exact) mass is 519 g/mol. The van der Waals surface area contributed by atoms with Crippen LogP contribution >= 0.6 is 11.3 Å². The molecule has 37 heavy (non-hydrogen) atoms. The van der Waals surface area contributed by atoms with Crippen LogP contribution in [0.3, 0.4) is 0 Å². The number of rotatable bonds is 7. The maximum atomic E-state index is 13.2. The van der Waals surface area contributed by atoms with E-state index >= 15 is 0 Å². The van der Waals surface area contributed by atoms with Crippen molar-refractivity contribution in [1.82, 2.24) is 14.8 Å². The lowest BCUT2D eigenvalue weighted by Crippen LogP contribution is -2.21. The first-order valence-corrected chi connectivity index (χ1v) is 12.6. The third-order valence-electron chi connectivity index (χ3n) is 6.62. The smallest absolute Gasteiger partial charge is 0.308 e. The Morgan fingerprint density at radius 1 is 1.14 bits per heavy atom. The predicted molar refractivity (Wildman–Crippen MR) is 140 cm³/mol. The molecule has 2 atom stereocenters. The Balaban J connectivity index is 1.57. The summed E-state index contributed by atoms with van der Waals surface area (Å²) in [6.45, 7) is 5.81. The van der Waals surface area contributed by atoms with Crippen LogP contribution in [0.15, 0.2) is 53.5 Å². The van der Waals surface area contributed by atoms with Gasteiger partial charge in [-0.2, -0.15) is 0 Å². The first-order valence-electron chi connectivity index (χ1n) is 11.8. The van der Waals surface area contributed by atoms with Gasteiger partial charge in [0, 0.05) is 28.2 Å². The number of aliphatic imine (C=N–C) groups is 1. The molecule has 2 aromatic heterocycles. The Hall–Kier alpha value is -3.89. The van der Waals surface area contributed by atoms with Gasteiger partial charge in [-0.1, -0.05) is 24.3 Å². The van der Waals surface area contributed by atoms with Crippen molar-refractivity contribution >= 4 is 28.7 Å². The van der Waals surface area contributed by atoms with Gasteiger partial charge in [-0.3, -0.25) is 14.4 Å². The molecule has 4 aromatic rings. The second kappa shape index (κ2) is 9.87. The summed E-state index contributed by atoms with van der Waals surface area (Å²) in [5.74, 6) is -0.985. The summed E-state index contributed by atoms with van der Waals surface area (Å²) >= 11 is 1.43. The molecule has 190 valence electrons. The Labute approximate surface area is 217 Å². The zero-order valence-corrected chi connectivity index (χ0v) is 21.4. The molecule has 0 saturated heterocycles. The summed E-state index contributed by atoms with van der Waals surface area (Å²) in [7, 11) is 0. The van der Waals surface area contributed by atoms with Gasteiger partial charge in [0.05, 0.1) is 18.2 Å². The number of aliphatic hydroxyl groups excluding tert-OH is 1. The molecule has 1 aliphatic rings. The minimum absolute atomic E-state index is 0.117. The Bertz CT molecular complexity index is 1490. The Morgan fingerprint density at radius 2 is 1.84 bits per heavy atom. The molecular formula is C27H26FN5O3S. The van der Waals surface area contributed by atoms with Crippen LogP contribution in [-0.4, -0.2) is 36.7 Å². The molecule has 3 N–H and O–H groups in total. The summed E-state index contributed by atoms with van der Waals surface area (Å²) in [5, 5.41) is 32.5. The lowest BCUT2D eigenvalue weighted by molar-refractivity contribution is -0.141. The van der Waals surface area contributed by atoms with Gasteiger partial charge >= 0.3 is 5.97 Å². The molecule has 0 radical (unpaired) electrons. The number of halogens is 1. The van der Waals surface area contributed by atoms with E-state index in [-0.39, 0.29) is 12.4 Å². The minimum atomic E-state index is -0.973. The van der Waals surface area contributed by atoms with Crippen LogP contribution in [0.2, 0.25) is 0 Å². The highest BCUT2D eigenvalue weighted by Crippen LogP contribution is 2.41. The number of anilines is 1. The topological polar surface area (TPSA) is 113 Å². The minimum Gasteiger partial charge on any atom is -0.481 e. The van der Waals surface area contributed by atoms with E-state index in [1.54, 1.807) is 19.1 Å². The second-order valence-corrected chi connectivity index (χ2v) is 10.1. The van der Waals surface area contributed by atoms with Gasteiger partial charge in [0.1, 0.15) is 22.7 Å². The predicted octanol–water partition coefficient (Wildman–Crippen LogP) is 4.80. The van der Waals surface area contributed by atoms with Crippen molar-refractivity contribution in [1.29, 1.82) is 0 Å². The molecule has 0 amide bonds. The number of thiophene rings is 1. The summed E-state index contributed by atoms with van der Waals surface area (Å²) in [5.41, 5.74) is 5.03. The van der Waals surface area contributed by atoms with Crippen LogP contribution < -0.4 is 5.32 Å². The highest BCUT2D eigenvalue weighted by Gasteiger charge is 2.36. The van der Waals surface area contributed by atoms with Gasteiger partial charge < -0.3 is 15.5 Å². The molecule has 0 aliphatic carbocycles. The third-order valence-corrected chi connectivity index (χ3v) is 7.89. The van der Waals surface area contributed by atoms with Crippen LogP contribution in [0, 0.1) is 25.6 Å². The molecule has 0 spiro atoms. The average molecular weight is 520 g/mol. The van der Waals surface area contributed by atoms with E-state index in [0.29, 0.717) is 23.9 Å². The number of carboxylic acids is 1. The zero-order valence-electron chi connectivity index (χ0n) is 20.6. The Kier molecular flexibility index (Phi) is 6.61. The van der Waals surface area contributed by atoms with Gasteiger partial charge in [0.25, 0.3) is 0 Å².